The lowest BCUT2D eigenvalue weighted by molar-refractivity contribution is -0.143. The van der Waals surface area contributed by atoms with Gasteiger partial charge in [-0.05, 0) is 25.7 Å². The fourth-order valence-electron chi connectivity index (χ4n) is 4.20. The predicted octanol–water partition coefficient (Wildman–Crippen LogP) is 0.533. The standard InChI is InChI=1S/C17H29N3O3.ClH/c21-15-11-18-9-12(15)10-19-16(22)13-5-1-2-6-14(13)17(23)20-7-3-4-8-20;/h12-15,18,21H,1-11H2,(H,19,22);1H. The number of carbonyl (C=O) groups excluding carboxylic acids is 2. The molecule has 4 atom stereocenters. The number of β-amino-alcohol motifs (C(OH)–C–C–N with tert-alkyl or cyclic N) is 1. The Morgan fingerprint density at radius 1 is 1.04 bits per heavy atom. The molecule has 0 spiro atoms. The molecule has 0 aromatic rings. The topological polar surface area (TPSA) is 81.7 Å². The maximum atomic E-state index is 12.7. The highest BCUT2D eigenvalue weighted by atomic mass is 35.5. The lowest BCUT2D eigenvalue weighted by Gasteiger charge is -2.32. The van der Waals surface area contributed by atoms with Gasteiger partial charge in [0.15, 0.2) is 0 Å². The Labute approximate surface area is 150 Å². The Hall–Kier alpha value is -0.850. The van der Waals surface area contributed by atoms with Gasteiger partial charge in [0.25, 0.3) is 0 Å². The van der Waals surface area contributed by atoms with Crippen LogP contribution in [0.3, 0.4) is 0 Å². The Bertz CT molecular complexity index is 443. The molecule has 3 aliphatic rings. The first-order valence-corrected chi connectivity index (χ1v) is 9.12. The van der Waals surface area contributed by atoms with Crippen molar-refractivity contribution in [1.29, 1.82) is 0 Å². The summed E-state index contributed by atoms with van der Waals surface area (Å²) in [6.07, 6.45) is 5.49. The number of amides is 2. The predicted molar refractivity (Wildman–Crippen MR) is 93.9 cm³/mol. The van der Waals surface area contributed by atoms with Gasteiger partial charge in [0.2, 0.25) is 11.8 Å². The minimum atomic E-state index is -0.385. The summed E-state index contributed by atoms with van der Waals surface area (Å²) in [6, 6.07) is 0. The molecule has 0 radical (unpaired) electrons. The van der Waals surface area contributed by atoms with Gasteiger partial charge >= 0.3 is 0 Å². The summed E-state index contributed by atoms with van der Waals surface area (Å²) >= 11 is 0. The molecule has 3 N–H and O–H groups in total. The van der Waals surface area contributed by atoms with Crippen LogP contribution in [0.4, 0.5) is 0 Å². The highest BCUT2D eigenvalue weighted by Crippen LogP contribution is 2.32. The Morgan fingerprint density at radius 2 is 1.71 bits per heavy atom. The van der Waals surface area contributed by atoms with Gasteiger partial charge in [0.1, 0.15) is 0 Å². The van der Waals surface area contributed by atoms with Gasteiger partial charge in [-0.15, -0.1) is 12.4 Å². The van der Waals surface area contributed by atoms with Crippen LogP contribution in [-0.2, 0) is 9.59 Å². The van der Waals surface area contributed by atoms with E-state index in [-0.39, 0.29) is 48.1 Å². The Balaban J connectivity index is 0.00000208. The second-order valence-corrected chi connectivity index (χ2v) is 7.26. The van der Waals surface area contributed by atoms with E-state index in [4.69, 9.17) is 0 Å². The van der Waals surface area contributed by atoms with Gasteiger partial charge in [0, 0.05) is 50.5 Å². The van der Waals surface area contributed by atoms with E-state index in [1.165, 1.54) is 0 Å². The fourth-order valence-corrected chi connectivity index (χ4v) is 4.20. The molecule has 0 bridgehead atoms. The van der Waals surface area contributed by atoms with Crippen LogP contribution in [0.1, 0.15) is 38.5 Å². The van der Waals surface area contributed by atoms with Crippen LogP contribution in [0.2, 0.25) is 0 Å². The van der Waals surface area contributed by atoms with Gasteiger partial charge in [-0.3, -0.25) is 9.59 Å². The number of aliphatic hydroxyl groups is 1. The molecule has 24 heavy (non-hydrogen) atoms. The average Bonchev–Trinajstić information content (AvgIpc) is 3.24. The zero-order chi connectivity index (χ0) is 16.2. The molecule has 6 nitrogen and oxygen atoms in total. The van der Waals surface area contributed by atoms with Crippen molar-refractivity contribution < 1.29 is 14.7 Å². The highest BCUT2D eigenvalue weighted by molar-refractivity contribution is 5.88. The van der Waals surface area contributed by atoms with Crippen molar-refractivity contribution in [2.45, 2.75) is 44.6 Å². The first-order chi connectivity index (χ1) is 11.2. The van der Waals surface area contributed by atoms with E-state index in [0.717, 1.165) is 58.2 Å². The van der Waals surface area contributed by atoms with Crippen LogP contribution >= 0.6 is 12.4 Å². The summed E-state index contributed by atoms with van der Waals surface area (Å²) in [5, 5.41) is 15.9. The second kappa shape index (κ2) is 9.02. The van der Waals surface area contributed by atoms with E-state index in [2.05, 4.69) is 10.6 Å². The second-order valence-electron chi connectivity index (χ2n) is 7.26. The van der Waals surface area contributed by atoms with Crippen molar-refractivity contribution in [2.75, 3.05) is 32.7 Å². The van der Waals surface area contributed by atoms with E-state index >= 15 is 0 Å². The van der Waals surface area contributed by atoms with Crippen LogP contribution in [0.25, 0.3) is 0 Å². The number of nitrogens with zero attached hydrogens (tertiary/aromatic N) is 1. The molecule has 1 aliphatic carbocycles. The zero-order valence-corrected chi connectivity index (χ0v) is 15.0. The van der Waals surface area contributed by atoms with Crippen molar-refractivity contribution in [2.24, 2.45) is 17.8 Å². The van der Waals surface area contributed by atoms with Gasteiger partial charge in [-0.2, -0.15) is 0 Å². The third kappa shape index (κ3) is 4.41. The summed E-state index contributed by atoms with van der Waals surface area (Å²) in [7, 11) is 0. The first kappa shape index (κ1) is 19.5. The summed E-state index contributed by atoms with van der Waals surface area (Å²) in [5.41, 5.74) is 0. The van der Waals surface area contributed by atoms with Crippen molar-refractivity contribution in [3.8, 4) is 0 Å². The number of rotatable bonds is 4. The molecule has 2 aliphatic heterocycles. The summed E-state index contributed by atoms with van der Waals surface area (Å²) in [5.74, 6) is -0.0710. The molecule has 1 saturated carbocycles. The number of hydrogen-bond donors (Lipinski definition) is 3. The maximum absolute atomic E-state index is 12.7. The molecule has 2 amide bonds. The highest BCUT2D eigenvalue weighted by Gasteiger charge is 2.38. The van der Waals surface area contributed by atoms with Crippen molar-refractivity contribution in [3.63, 3.8) is 0 Å². The number of carbonyl (C=O) groups is 2. The Kier molecular flexibility index (Phi) is 7.32. The molecule has 3 rings (SSSR count). The van der Waals surface area contributed by atoms with Crippen LogP contribution in [0, 0.1) is 17.8 Å². The van der Waals surface area contributed by atoms with Crippen molar-refractivity contribution in [1.82, 2.24) is 15.5 Å². The van der Waals surface area contributed by atoms with Gasteiger partial charge in [-0.1, -0.05) is 12.8 Å². The number of halogens is 1. The largest absolute Gasteiger partial charge is 0.391 e. The van der Waals surface area contributed by atoms with E-state index < -0.39 is 0 Å². The molecule has 4 unspecified atom stereocenters. The summed E-state index contributed by atoms with van der Waals surface area (Å²) < 4.78 is 0. The minimum Gasteiger partial charge on any atom is -0.391 e. The smallest absolute Gasteiger partial charge is 0.226 e. The molecule has 138 valence electrons. The number of aliphatic hydroxyl groups excluding tert-OH is 1. The normalized spacial score (nSPS) is 33.1. The fraction of sp³-hybridized carbons (Fsp3) is 0.882. The lowest BCUT2D eigenvalue weighted by Crippen LogP contribution is -2.46. The van der Waals surface area contributed by atoms with Crippen molar-refractivity contribution in [3.05, 3.63) is 0 Å². The first-order valence-electron chi connectivity index (χ1n) is 9.12. The molecule has 0 aromatic carbocycles. The summed E-state index contributed by atoms with van der Waals surface area (Å²) in [6.45, 7) is 3.53. The molecular weight excluding hydrogens is 330 g/mol. The van der Waals surface area contributed by atoms with E-state index in [0.29, 0.717) is 13.1 Å². The van der Waals surface area contributed by atoms with E-state index in [9.17, 15) is 14.7 Å². The molecule has 0 aromatic heterocycles. The van der Waals surface area contributed by atoms with E-state index in [1.807, 2.05) is 4.90 Å². The van der Waals surface area contributed by atoms with Gasteiger partial charge in [-0.25, -0.2) is 0 Å². The molecule has 3 fully saturated rings. The maximum Gasteiger partial charge on any atom is 0.226 e. The average molecular weight is 360 g/mol. The number of likely N-dealkylation sites (tertiary alicyclic amines) is 1. The van der Waals surface area contributed by atoms with Crippen LogP contribution in [0.15, 0.2) is 0 Å². The molecule has 2 saturated heterocycles. The SMILES string of the molecule is Cl.O=C(NCC1CNCC1O)C1CCCCC1C(=O)N1CCCC1. The van der Waals surface area contributed by atoms with Crippen LogP contribution in [0.5, 0.6) is 0 Å². The van der Waals surface area contributed by atoms with Gasteiger partial charge < -0.3 is 20.6 Å². The van der Waals surface area contributed by atoms with Crippen molar-refractivity contribution >= 4 is 24.2 Å². The summed E-state index contributed by atoms with van der Waals surface area (Å²) in [4.78, 5) is 27.3. The lowest BCUT2D eigenvalue weighted by atomic mass is 9.77. The number of nitrogens with one attached hydrogen (secondary N) is 2. The Morgan fingerprint density at radius 3 is 2.33 bits per heavy atom. The van der Waals surface area contributed by atoms with Crippen LogP contribution < -0.4 is 10.6 Å². The number of hydrogen-bond acceptors (Lipinski definition) is 4. The third-order valence-corrected chi connectivity index (χ3v) is 5.68. The monoisotopic (exact) mass is 359 g/mol. The molecule has 2 heterocycles. The third-order valence-electron chi connectivity index (χ3n) is 5.68. The quantitative estimate of drug-likeness (QED) is 0.684. The van der Waals surface area contributed by atoms with Gasteiger partial charge in [0.05, 0.1) is 6.10 Å². The van der Waals surface area contributed by atoms with E-state index in [1.54, 1.807) is 0 Å². The van der Waals surface area contributed by atoms with Crippen LogP contribution in [-0.4, -0.2) is 60.6 Å². The minimum absolute atomic E-state index is 0. The zero-order valence-electron chi connectivity index (χ0n) is 14.2. The molecular formula is C17H30ClN3O3. The molecule has 7 heteroatoms.